The normalized spacial score (nSPS) is 11.6. The molecule has 0 radical (unpaired) electrons. The van der Waals surface area contributed by atoms with Crippen molar-refractivity contribution in [2.24, 2.45) is 0 Å². The molecule has 1 rings (SSSR count). The second-order valence-corrected chi connectivity index (χ2v) is 3.65. The maximum Gasteiger partial charge on any atom is 0.234 e. The molecule has 1 atom stereocenters. The first kappa shape index (κ1) is 13.2. The second kappa shape index (κ2) is 6.66. The van der Waals surface area contributed by atoms with Gasteiger partial charge in [0.25, 0.3) is 0 Å². The van der Waals surface area contributed by atoms with Gasteiger partial charge in [0.1, 0.15) is 5.82 Å². The Morgan fingerprint density at radius 1 is 1.47 bits per heavy atom. The van der Waals surface area contributed by atoms with E-state index in [9.17, 15) is 9.18 Å². The average Bonchev–Trinajstić information content (AvgIpc) is 2.30. The molecule has 0 aliphatic rings. The molecule has 0 saturated heterocycles. The molecule has 0 fully saturated rings. The van der Waals surface area contributed by atoms with Crippen molar-refractivity contribution >= 4 is 5.91 Å². The molecule has 90 valence electrons. The highest BCUT2D eigenvalue weighted by Crippen LogP contribution is 2.12. The summed E-state index contributed by atoms with van der Waals surface area (Å²) >= 11 is 0. The van der Waals surface area contributed by atoms with Crippen molar-refractivity contribution in [3.8, 4) is 12.3 Å². The molecule has 0 saturated carbocycles. The van der Waals surface area contributed by atoms with E-state index in [1.807, 2.05) is 6.92 Å². The van der Waals surface area contributed by atoms with Gasteiger partial charge in [-0.15, -0.1) is 6.42 Å². The smallest absolute Gasteiger partial charge is 0.234 e. The average molecular weight is 234 g/mol. The van der Waals surface area contributed by atoms with Crippen LogP contribution in [0.1, 0.15) is 18.5 Å². The van der Waals surface area contributed by atoms with Crippen LogP contribution in [-0.2, 0) is 4.79 Å². The van der Waals surface area contributed by atoms with Crippen molar-refractivity contribution in [2.75, 3.05) is 13.1 Å². The topological polar surface area (TPSA) is 41.1 Å². The summed E-state index contributed by atoms with van der Waals surface area (Å²) in [6.07, 6.45) is 5.04. The van der Waals surface area contributed by atoms with Crippen LogP contribution in [-0.4, -0.2) is 19.0 Å². The summed E-state index contributed by atoms with van der Waals surface area (Å²) in [5.74, 6) is 1.95. The van der Waals surface area contributed by atoms with Crippen LogP contribution >= 0.6 is 0 Å². The minimum absolute atomic E-state index is 0.142. The Balaban J connectivity index is 2.43. The number of benzene rings is 1. The number of carbonyl (C=O) groups excluding carboxylic acids is 1. The van der Waals surface area contributed by atoms with Crippen LogP contribution in [0.25, 0.3) is 0 Å². The van der Waals surface area contributed by atoms with Crippen molar-refractivity contribution in [3.05, 3.63) is 35.6 Å². The fourth-order valence-electron chi connectivity index (χ4n) is 1.38. The van der Waals surface area contributed by atoms with Crippen molar-refractivity contribution < 1.29 is 9.18 Å². The Hall–Kier alpha value is -1.86. The van der Waals surface area contributed by atoms with Crippen LogP contribution in [0.4, 0.5) is 4.39 Å². The van der Waals surface area contributed by atoms with E-state index in [0.717, 1.165) is 5.56 Å². The van der Waals surface area contributed by atoms with Crippen molar-refractivity contribution in [3.63, 3.8) is 0 Å². The standard InChI is InChI=1S/C13H15FN2O/c1-3-8-15-9-13(17)16-10(2)11-4-6-12(14)7-5-11/h1,4-7,10,15H,8-9H2,2H3,(H,16,17)/t10-/m1/s1. The van der Waals surface area contributed by atoms with E-state index in [4.69, 9.17) is 6.42 Å². The van der Waals surface area contributed by atoms with Gasteiger partial charge in [-0.05, 0) is 24.6 Å². The Morgan fingerprint density at radius 2 is 2.12 bits per heavy atom. The van der Waals surface area contributed by atoms with Gasteiger partial charge in [0.15, 0.2) is 0 Å². The molecule has 0 aliphatic heterocycles. The van der Waals surface area contributed by atoms with Crippen LogP contribution in [0.15, 0.2) is 24.3 Å². The lowest BCUT2D eigenvalue weighted by atomic mass is 10.1. The van der Waals surface area contributed by atoms with Gasteiger partial charge in [-0.3, -0.25) is 10.1 Å². The third-order valence-electron chi connectivity index (χ3n) is 2.26. The van der Waals surface area contributed by atoms with Crippen molar-refractivity contribution in [1.29, 1.82) is 0 Å². The number of rotatable bonds is 5. The van der Waals surface area contributed by atoms with Gasteiger partial charge in [-0.2, -0.15) is 0 Å². The lowest BCUT2D eigenvalue weighted by molar-refractivity contribution is -0.120. The lowest BCUT2D eigenvalue weighted by Gasteiger charge is -2.14. The summed E-state index contributed by atoms with van der Waals surface area (Å²) in [5, 5.41) is 5.57. The van der Waals surface area contributed by atoms with E-state index in [1.165, 1.54) is 12.1 Å². The first-order valence-corrected chi connectivity index (χ1v) is 5.32. The summed E-state index contributed by atoms with van der Waals surface area (Å²) in [5.41, 5.74) is 0.858. The maximum absolute atomic E-state index is 12.7. The first-order valence-electron chi connectivity index (χ1n) is 5.32. The zero-order valence-corrected chi connectivity index (χ0v) is 9.66. The zero-order chi connectivity index (χ0) is 12.7. The fourth-order valence-corrected chi connectivity index (χ4v) is 1.38. The quantitative estimate of drug-likeness (QED) is 0.594. The highest BCUT2D eigenvalue weighted by atomic mass is 19.1. The van der Waals surface area contributed by atoms with E-state index in [-0.39, 0.29) is 24.3 Å². The van der Waals surface area contributed by atoms with Gasteiger partial charge >= 0.3 is 0 Å². The molecule has 0 aliphatic carbocycles. The Labute approximate surface area is 100 Å². The summed E-state index contributed by atoms with van der Waals surface area (Å²) in [7, 11) is 0. The van der Waals surface area contributed by atoms with Gasteiger partial charge in [0.05, 0.1) is 19.1 Å². The Morgan fingerprint density at radius 3 is 2.71 bits per heavy atom. The van der Waals surface area contributed by atoms with Crippen molar-refractivity contribution in [1.82, 2.24) is 10.6 Å². The second-order valence-electron chi connectivity index (χ2n) is 3.65. The van der Waals surface area contributed by atoms with E-state index < -0.39 is 0 Å². The highest BCUT2D eigenvalue weighted by molar-refractivity contribution is 5.78. The van der Waals surface area contributed by atoms with Gasteiger partial charge < -0.3 is 5.32 Å². The molecule has 3 nitrogen and oxygen atoms in total. The molecule has 0 bridgehead atoms. The summed E-state index contributed by atoms with van der Waals surface area (Å²) in [6.45, 7) is 2.38. The van der Waals surface area contributed by atoms with E-state index in [0.29, 0.717) is 6.54 Å². The van der Waals surface area contributed by atoms with Crippen molar-refractivity contribution in [2.45, 2.75) is 13.0 Å². The predicted octanol–water partition coefficient (Wildman–Crippen LogP) is 1.23. The zero-order valence-electron chi connectivity index (χ0n) is 9.66. The van der Waals surface area contributed by atoms with E-state index in [1.54, 1.807) is 12.1 Å². The molecule has 2 N–H and O–H groups in total. The number of terminal acetylenes is 1. The predicted molar refractivity (Wildman–Crippen MR) is 64.7 cm³/mol. The molecule has 1 aromatic rings. The third kappa shape index (κ3) is 4.66. The number of hydrogen-bond acceptors (Lipinski definition) is 2. The van der Waals surface area contributed by atoms with Gasteiger partial charge in [0.2, 0.25) is 5.91 Å². The summed E-state index contributed by atoms with van der Waals surface area (Å²) in [4.78, 5) is 11.5. The van der Waals surface area contributed by atoms with Gasteiger partial charge in [-0.1, -0.05) is 18.1 Å². The highest BCUT2D eigenvalue weighted by Gasteiger charge is 2.08. The first-order chi connectivity index (χ1) is 8.13. The summed E-state index contributed by atoms with van der Waals surface area (Å²) < 4.78 is 12.7. The fraction of sp³-hybridized carbons (Fsp3) is 0.308. The molecule has 0 unspecified atom stereocenters. The molecule has 0 spiro atoms. The largest absolute Gasteiger partial charge is 0.348 e. The molecule has 17 heavy (non-hydrogen) atoms. The molecule has 0 heterocycles. The number of amides is 1. The number of nitrogens with one attached hydrogen (secondary N) is 2. The molecule has 0 aromatic heterocycles. The van der Waals surface area contributed by atoms with Gasteiger partial charge in [0, 0.05) is 0 Å². The van der Waals surface area contributed by atoms with Crippen LogP contribution < -0.4 is 10.6 Å². The van der Waals surface area contributed by atoms with Gasteiger partial charge in [-0.25, -0.2) is 4.39 Å². The Kier molecular flexibility index (Phi) is 5.18. The molecular formula is C13H15FN2O. The maximum atomic E-state index is 12.7. The van der Waals surface area contributed by atoms with E-state index in [2.05, 4.69) is 16.6 Å². The SMILES string of the molecule is C#CCNCC(=O)N[C@H](C)c1ccc(F)cc1. The molecule has 4 heteroatoms. The number of hydrogen-bond donors (Lipinski definition) is 2. The minimum atomic E-state index is -0.289. The van der Waals surface area contributed by atoms with E-state index >= 15 is 0 Å². The lowest BCUT2D eigenvalue weighted by Crippen LogP contribution is -2.35. The monoisotopic (exact) mass is 234 g/mol. The van der Waals surface area contributed by atoms with Crippen LogP contribution in [0.3, 0.4) is 0 Å². The minimum Gasteiger partial charge on any atom is -0.348 e. The molecule has 1 amide bonds. The van der Waals surface area contributed by atoms with Crippen LogP contribution in [0.5, 0.6) is 0 Å². The van der Waals surface area contributed by atoms with Crippen LogP contribution in [0.2, 0.25) is 0 Å². The third-order valence-corrected chi connectivity index (χ3v) is 2.26. The molecule has 1 aromatic carbocycles. The molecular weight excluding hydrogens is 219 g/mol. The van der Waals surface area contributed by atoms with Crippen LogP contribution in [0, 0.1) is 18.2 Å². The Bertz CT molecular complexity index is 408. The number of carbonyl (C=O) groups is 1. The summed E-state index contributed by atoms with van der Waals surface area (Å²) in [6, 6.07) is 5.88. The number of halogens is 1.